The first-order valence-electron chi connectivity index (χ1n) is 7.39. The third-order valence-corrected chi connectivity index (χ3v) is 3.22. The molecule has 0 fully saturated rings. The second kappa shape index (κ2) is 8.87. The lowest BCUT2D eigenvalue weighted by Crippen LogP contribution is -2.28. The van der Waals surface area contributed by atoms with Crippen LogP contribution in [0.3, 0.4) is 0 Å². The standard InChI is InChI=1S/C17H23NO4/c1-5-18(6-2)15(17(20)22-7-3)12-13-8-10-14(11-9-13)16(19)21-4/h8-12H,5-7H2,1-4H3/b15-12+. The molecule has 0 radical (unpaired) electrons. The lowest BCUT2D eigenvalue weighted by atomic mass is 10.1. The zero-order chi connectivity index (χ0) is 16.5. The summed E-state index contributed by atoms with van der Waals surface area (Å²) in [5.41, 5.74) is 1.81. The molecule has 0 aliphatic heterocycles. The third-order valence-electron chi connectivity index (χ3n) is 3.22. The molecule has 0 N–H and O–H groups in total. The van der Waals surface area contributed by atoms with Gasteiger partial charge < -0.3 is 14.4 Å². The van der Waals surface area contributed by atoms with Crippen molar-refractivity contribution in [2.45, 2.75) is 20.8 Å². The Kier molecular flexibility index (Phi) is 7.16. The van der Waals surface area contributed by atoms with E-state index in [2.05, 4.69) is 4.74 Å². The van der Waals surface area contributed by atoms with E-state index in [0.717, 1.165) is 5.56 Å². The number of hydrogen-bond donors (Lipinski definition) is 0. The normalized spacial score (nSPS) is 11.0. The molecule has 1 aromatic carbocycles. The maximum atomic E-state index is 12.1. The van der Waals surface area contributed by atoms with E-state index in [0.29, 0.717) is 31.0 Å². The Labute approximate surface area is 131 Å². The van der Waals surface area contributed by atoms with Gasteiger partial charge in [-0.2, -0.15) is 0 Å². The number of carbonyl (C=O) groups is 2. The molecule has 120 valence electrons. The molecule has 0 amide bonds. The summed E-state index contributed by atoms with van der Waals surface area (Å²) < 4.78 is 9.78. The van der Waals surface area contributed by atoms with Gasteiger partial charge in [0.25, 0.3) is 0 Å². The number of rotatable bonds is 7. The summed E-state index contributed by atoms with van der Waals surface area (Å²) in [5, 5.41) is 0. The van der Waals surface area contributed by atoms with Crippen molar-refractivity contribution < 1.29 is 19.1 Å². The van der Waals surface area contributed by atoms with E-state index < -0.39 is 0 Å². The predicted octanol–water partition coefficient (Wildman–Crippen LogP) is 2.72. The summed E-state index contributed by atoms with van der Waals surface area (Å²) in [6.07, 6.45) is 1.77. The highest BCUT2D eigenvalue weighted by Gasteiger charge is 2.16. The minimum Gasteiger partial charge on any atom is -0.465 e. The first-order chi connectivity index (χ1) is 10.6. The van der Waals surface area contributed by atoms with Gasteiger partial charge in [0, 0.05) is 13.1 Å². The zero-order valence-electron chi connectivity index (χ0n) is 13.6. The van der Waals surface area contributed by atoms with Crippen LogP contribution in [-0.4, -0.2) is 43.6 Å². The van der Waals surface area contributed by atoms with E-state index in [9.17, 15) is 9.59 Å². The van der Waals surface area contributed by atoms with Gasteiger partial charge in [0.05, 0.1) is 19.3 Å². The summed E-state index contributed by atoms with van der Waals surface area (Å²) >= 11 is 0. The van der Waals surface area contributed by atoms with Crippen LogP contribution in [0.2, 0.25) is 0 Å². The van der Waals surface area contributed by atoms with Crippen molar-refractivity contribution in [1.29, 1.82) is 0 Å². The Bertz CT molecular complexity index is 530. The van der Waals surface area contributed by atoms with Crippen LogP contribution in [0.5, 0.6) is 0 Å². The van der Waals surface area contributed by atoms with Crippen LogP contribution < -0.4 is 0 Å². The van der Waals surface area contributed by atoms with Crippen molar-refractivity contribution in [3.63, 3.8) is 0 Å². The van der Waals surface area contributed by atoms with Crippen molar-refractivity contribution in [1.82, 2.24) is 4.90 Å². The van der Waals surface area contributed by atoms with Crippen LogP contribution in [0.25, 0.3) is 6.08 Å². The highest BCUT2D eigenvalue weighted by molar-refractivity contribution is 5.93. The minimum absolute atomic E-state index is 0.332. The number of carbonyl (C=O) groups excluding carboxylic acids is 2. The molecular formula is C17H23NO4. The SMILES string of the molecule is CCOC(=O)/C(=C\c1ccc(C(=O)OC)cc1)N(CC)CC. The van der Waals surface area contributed by atoms with E-state index in [1.807, 2.05) is 18.7 Å². The van der Waals surface area contributed by atoms with Crippen molar-refractivity contribution >= 4 is 18.0 Å². The van der Waals surface area contributed by atoms with Crippen molar-refractivity contribution in [2.24, 2.45) is 0 Å². The Morgan fingerprint density at radius 3 is 2.14 bits per heavy atom. The van der Waals surface area contributed by atoms with Gasteiger partial charge >= 0.3 is 11.9 Å². The molecule has 0 unspecified atom stereocenters. The van der Waals surface area contributed by atoms with Gasteiger partial charge in [0.2, 0.25) is 0 Å². The summed E-state index contributed by atoms with van der Waals surface area (Å²) in [4.78, 5) is 25.5. The molecule has 5 nitrogen and oxygen atoms in total. The van der Waals surface area contributed by atoms with Crippen molar-refractivity contribution in [3.05, 3.63) is 41.1 Å². The Morgan fingerprint density at radius 1 is 1.09 bits per heavy atom. The number of methoxy groups -OCH3 is 1. The second-order valence-electron chi connectivity index (χ2n) is 4.54. The predicted molar refractivity (Wildman–Crippen MR) is 85.3 cm³/mol. The molecular weight excluding hydrogens is 282 g/mol. The quantitative estimate of drug-likeness (QED) is 0.572. The van der Waals surface area contributed by atoms with E-state index in [1.54, 1.807) is 37.3 Å². The number of likely N-dealkylation sites (N-methyl/N-ethyl adjacent to an activating group) is 1. The van der Waals surface area contributed by atoms with Crippen LogP contribution in [0.1, 0.15) is 36.7 Å². The van der Waals surface area contributed by atoms with Crippen LogP contribution in [0, 0.1) is 0 Å². The smallest absolute Gasteiger partial charge is 0.354 e. The van der Waals surface area contributed by atoms with Crippen LogP contribution in [0.4, 0.5) is 0 Å². The highest BCUT2D eigenvalue weighted by Crippen LogP contribution is 2.14. The van der Waals surface area contributed by atoms with Crippen LogP contribution in [0.15, 0.2) is 30.0 Å². The van der Waals surface area contributed by atoms with Crippen LogP contribution in [-0.2, 0) is 14.3 Å². The lowest BCUT2D eigenvalue weighted by Gasteiger charge is -2.23. The van der Waals surface area contributed by atoms with Gasteiger partial charge in [-0.05, 0) is 44.5 Å². The molecule has 1 aromatic rings. The van der Waals surface area contributed by atoms with Gasteiger partial charge in [-0.3, -0.25) is 0 Å². The molecule has 0 heterocycles. The monoisotopic (exact) mass is 305 g/mol. The maximum Gasteiger partial charge on any atom is 0.354 e. The van der Waals surface area contributed by atoms with Gasteiger partial charge in [-0.15, -0.1) is 0 Å². The summed E-state index contributed by atoms with van der Waals surface area (Å²) in [6.45, 7) is 7.50. The molecule has 0 saturated carbocycles. The van der Waals surface area contributed by atoms with Gasteiger partial charge in [-0.1, -0.05) is 12.1 Å². The van der Waals surface area contributed by atoms with E-state index in [-0.39, 0.29) is 11.9 Å². The third kappa shape index (κ3) is 4.62. The number of ether oxygens (including phenoxy) is 2. The van der Waals surface area contributed by atoms with E-state index in [1.165, 1.54) is 7.11 Å². The first-order valence-corrected chi connectivity index (χ1v) is 7.39. The van der Waals surface area contributed by atoms with Crippen molar-refractivity contribution in [2.75, 3.05) is 26.8 Å². The van der Waals surface area contributed by atoms with Gasteiger partial charge in [0.15, 0.2) is 0 Å². The summed E-state index contributed by atoms with van der Waals surface area (Å²) in [5.74, 6) is -0.729. The molecule has 0 saturated heterocycles. The molecule has 0 atom stereocenters. The fourth-order valence-corrected chi connectivity index (χ4v) is 2.04. The number of benzene rings is 1. The van der Waals surface area contributed by atoms with Crippen molar-refractivity contribution in [3.8, 4) is 0 Å². The summed E-state index contributed by atoms with van der Waals surface area (Å²) in [7, 11) is 1.34. The molecule has 0 spiro atoms. The second-order valence-corrected chi connectivity index (χ2v) is 4.54. The fraction of sp³-hybridized carbons (Fsp3) is 0.412. The molecule has 0 aliphatic carbocycles. The average Bonchev–Trinajstić information content (AvgIpc) is 2.55. The first kappa shape index (κ1) is 17.8. The largest absolute Gasteiger partial charge is 0.465 e. The van der Waals surface area contributed by atoms with Gasteiger partial charge in [0.1, 0.15) is 5.70 Å². The number of nitrogens with zero attached hydrogens (tertiary/aromatic N) is 1. The Balaban J connectivity index is 3.10. The number of hydrogen-bond acceptors (Lipinski definition) is 5. The number of esters is 2. The molecule has 0 aliphatic rings. The fourth-order valence-electron chi connectivity index (χ4n) is 2.04. The highest BCUT2D eigenvalue weighted by atomic mass is 16.5. The molecule has 22 heavy (non-hydrogen) atoms. The Hall–Kier alpha value is -2.30. The average molecular weight is 305 g/mol. The lowest BCUT2D eigenvalue weighted by molar-refractivity contribution is -0.140. The zero-order valence-corrected chi connectivity index (χ0v) is 13.6. The van der Waals surface area contributed by atoms with Crippen LogP contribution >= 0.6 is 0 Å². The van der Waals surface area contributed by atoms with E-state index in [4.69, 9.17) is 4.74 Å². The van der Waals surface area contributed by atoms with E-state index >= 15 is 0 Å². The molecule has 0 aromatic heterocycles. The molecule has 5 heteroatoms. The van der Waals surface area contributed by atoms with Gasteiger partial charge in [-0.25, -0.2) is 9.59 Å². The Morgan fingerprint density at radius 2 is 1.68 bits per heavy atom. The molecule has 1 rings (SSSR count). The summed E-state index contributed by atoms with van der Waals surface area (Å²) in [6, 6.07) is 6.88. The molecule has 0 bridgehead atoms. The topological polar surface area (TPSA) is 55.8 Å². The minimum atomic E-state index is -0.384. The maximum absolute atomic E-state index is 12.1.